The molecule has 0 N–H and O–H groups in total. The number of aromatic nitrogens is 2. The van der Waals surface area contributed by atoms with Crippen molar-refractivity contribution in [2.45, 2.75) is 13.1 Å². The number of benzene rings is 2. The summed E-state index contributed by atoms with van der Waals surface area (Å²) in [6.07, 6.45) is -3.18. The first kappa shape index (κ1) is 20.4. The molecule has 4 aromatic rings. The molecule has 0 spiro atoms. The van der Waals surface area contributed by atoms with Crippen molar-refractivity contribution in [3.05, 3.63) is 80.3 Å². The van der Waals surface area contributed by atoms with Gasteiger partial charge in [0.15, 0.2) is 0 Å². The summed E-state index contributed by atoms with van der Waals surface area (Å²) in [5, 5.41) is 0.662. The van der Waals surface area contributed by atoms with Gasteiger partial charge in [-0.3, -0.25) is 4.98 Å². The SMILES string of the molecule is Cc1cc(Cl)cc2c(=O)oc(-c3ccc(C(F)(F)F)cc3-c3ncccc3Cl)nc12. The van der Waals surface area contributed by atoms with Crippen LogP contribution in [0.3, 0.4) is 0 Å². The first-order valence-electron chi connectivity index (χ1n) is 8.58. The van der Waals surface area contributed by atoms with Crippen molar-refractivity contribution in [1.82, 2.24) is 9.97 Å². The van der Waals surface area contributed by atoms with Gasteiger partial charge in [0.25, 0.3) is 0 Å². The smallest absolute Gasteiger partial charge is 0.403 e. The predicted octanol–water partition coefficient (Wildman–Crippen LogP) is 6.55. The summed E-state index contributed by atoms with van der Waals surface area (Å²) in [5.41, 5.74) is -0.348. The summed E-state index contributed by atoms with van der Waals surface area (Å²) < 4.78 is 45.3. The van der Waals surface area contributed by atoms with Crippen LogP contribution in [-0.2, 0) is 6.18 Å². The molecule has 2 heterocycles. The van der Waals surface area contributed by atoms with Gasteiger partial charge in [0, 0.05) is 22.3 Å². The third-order valence-electron chi connectivity index (χ3n) is 4.48. The van der Waals surface area contributed by atoms with Gasteiger partial charge in [0.2, 0.25) is 5.89 Å². The van der Waals surface area contributed by atoms with Crippen molar-refractivity contribution in [2.75, 3.05) is 0 Å². The molecule has 0 fully saturated rings. The second-order valence-corrected chi connectivity index (χ2v) is 7.36. The summed E-state index contributed by atoms with van der Waals surface area (Å²) in [6, 6.07) is 9.09. The van der Waals surface area contributed by atoms with E-state index in [9.17, 15) is 18.0 Å². The van der Waals surface area contributed by atoms with Crippen molar-refractivity contribution >= 4 is 34.1 Å². The summed E-state index contributed by atoms with van der Waals surface area (Å²) in [5.74, 6) is -0.150. The fourth-order valence-electron chi connectivity index (χ4n) is 3.11. The fraction of sp³-hybridized carbons (Fsp3) is 0.0952. The molecular weight excluding hydrogens is 440 g/mol. The van der Waals surface area contributed by atoms with Crippen LogP contribution >= 0.6 is 23.2 Å². The van der Waals surface area contributed by atoms with Gasteiger partial charge in [0.05, 0.1) is 27.2 Å². The van der Waals surface area contributed by atoms with Crippen molar-refractivity contribution in [3.63, 3.8) is 0 Å². The molecule has 0 amide bonds. The minimum Gasteiger partial charge on any atom is -0.403 e. The van der Waals surface area contributed by atoms with Gasteiger partial charge in [-0.1, -0.05) is 23.2 Å². The van der Waals surface area contributed by atoms with Crippen LogP contribution in [0.4, 0.5) is 13.2 Å². The Hall–Kier alpha value is -2.90. The molecule has 30 heavy (non-hydrogen) atoms. The molecule has 152 valence electrons. The van der Waals surface area contributed by atoms with E-state index in [2.05, 4.69) is 9.97 Å². The molecule has 0 saturated carbocycles. The van der Waals surface area contributed by atoms with E-state index in [0.29, 0.717) is 16.1 Å². The standard InChI is InChI=1S/C21H11Cl2F3N2O2/c1-10-7-12(22)9-15-17(10)28-19(30-20(15)29)13-5-4-11(21(24,25)26)8-14(13)18-16(23)3-2-6-27-18/h2-9H,1H3. The fourth-order valence-corrected chi connectivity index (χ4v) is 3.60. The molecule has 0 aliphatic carbocycles. The van der Waals surface area contributed by atoms with Crippen molar-refractivity contribution < 1.29 is 17.6 Å². The zero-order valence-corrected chi connectivity index (χ0v) is 16.7. The highest BCUT2D eigenvalue weighted by molar-refractivity contribution is 6.33. The van der Waals surface area contributed by atoms with Gasteiger partial charge in [-0.05, 0) is 55.0 Å². The number of aryl methyl sites for hydroxylation is 1. The molecule has 4 nitrogen and oxygen atoms in total. The lowest BCUT2D eigenvalue weighted by Gasteiger charge is -2.14. The van der Waals surface area contributed by atoms with E-state index in [1.54, 1.807) is 19.1 Å². The second-order valence-electron chi connectivity index (χ2n) is 6.52. The Morgan fingerprint density at radius 2 is 1.80 bits per heavy atom. The van der Waals surface area contributed by atoms with Crippen molar-refractivity contribution in [2.24, 2.45) is 0 Å². The monoisotopic (exact) mass is 450 g/mol. The normalized spacial score (nSPS) is 11.8. The molecule has 0 aliphatic rings. The predicted molar refractivity (Wildman–Crippen MR) is 109 cm³/mol. The Balaban J connectivity index is 2.04. The lowest BCUT2D eigenvalue weighted by Crippen LogP contribution is -2.07. The van der Waals surface area contributed by atoms with Crippen LogP contribution < -0.4 is 5.63 Å². The van der Waals surface area contributed by atoms with Crippen LogP contribution in [0.1, 0.15) is 11.1 Å². The summed E-state index contributed by atoms with van der Waals surface area (Å²) in [4.78, 5) is 21.0. The highest BCUT2D eigenvalue weighted by Crippen LogP contribution is 2.39. The molecule has 0 atom stereocenters. The molecule has 2 aromatic carbocycles. The van der Waals surface area contributed by atoms with Crippen molar-refractivity contribution in [3.8, 4) is 22.7 Å². The second kappa shape index (κ2) is 7.41. The van der Waals surface area contributed by atoms with E-state index in [1.165, 1.54) is 24.4 Å². The van der Waals surface area contributed by atoms with Crippen molar-refractivity contribution in [1.29, 1.82) is 0 Å². The number of fused-ring (bicyclic) bond motifs is 1. The molecule has 4 rings (SSSR count). The first-order valence-corrected chi connectivity index (χ1v) is 9.34. The summed E-state index contributed by atoms with van der Waals surface area (Å²) in [6.45, 7) is 1.72. The lowest BCUT2D eigenvalue weighted by atomic mass is 10.00. The number of hydrogen-bond acceptors (Lipinski definition) is 4. The molecule has 9 heteroatoms. The quantitative estimate of drug-likeness (QED) is 0.347. The number of halogens is 5. The van der Waals surface area contributed by atoms with Gasteiger partial charge in [-0.15, -0.1) is 0 Å². The largest absolute Gasteiger partial charge is 0.416 e. The molecule has 2 aromatic heterocycles. The molecule has 0 unspecified atom stereocenters. The van der Waals surface area contributed by atoms with Crippen LogP contribution in [0.2, 0.25) is 10.0 Å². The molecule has 0 bridgehead atoms. The third-order valence-corrected chi connectivity index (χ3v) is 5.00. The van der Waals surface area contributed by atoms with Gasteiger partial charge in [-0.2, -0.15) is 13.2 Å². The first-order chi connectivity index (χ1) is 14.1. The molecule has 0 aliphatic heterocycles. The summed E-state index contributed by atoms with van der Waals surface area (Å²) in [7, 11) is 0. The van der Waals surface area contributed by atoms with Crippen LogP contribution in [0.15, 0.2) is 57.9 Å². The number of alkyl halides is 3. The Bertz CT molecular complexity index is 1350. The Labute approximate surface area is 177 Å². The van der Waals surface area contributed by atoms with E-state index >= 15 is 0 Å². The lowest BCUT2D eigenvalue weighted by molar-refractivity contribution is -0.137. The molecule has 0 saturated heterocycles. The van der Waals surface area contributed by atoms with E-state index < -0.39 is 17.4 Å². The summed E-state index contributed by atoms with van der Waals surface area (Å²) >= 11 is 12.2. The van der Waals surface area contributed by atoms with E-state index in [4.69, 9.17) is 27.6 Å². The van der Waals surface area contributed by atoms with E-state index in [0.717, 1.165) is 12.1 Å². The number of pyridine rings is 1. The van der Waals surface area contributed by atoms with E-state index in [-0.39, 0.29) is 33.1 Å². The zero-order chi connectivity index (χ0) is 21.6. The highest BCUT2D eigenvalue weighted by Gasteiger charge is 2.32. The third kappa shape index (κ3) is 3.66. The van der Waals surface area contributed by atoms with Gasteiger partial charge in [-0.25, -0.2) is 9.78 Å². The Morgan fingerprint density at radius 3 is 2.50 bits per heavy atom. The van der Waals surface area contributed by atoms with Crippen LogP contribution in [-0.4, -0.2) is 9.97 Å². The van der Waals surface area contributed by atoms with Gasteiger partial charge < -0.3 is 4.42 Å². The maximum Gasteiger partial charge on any atom is 0.416 e. The Kier molecular flexibility index (Phi) is 5.03. The van der Waals surface area contributed by atoms with Crippen LogP contribution in [0.5, 0.6) is 0 Å². The van der Waals surface area contributed by atoms with E-state index in [1.807, 2.05) is 0 Å². The average molecular weight is 451 g/mol. The van der Waals surface area contributed by atoms with Gasteiger partial charge >= 0.3 is 11.8 Å². The zero-order valence-electron chi connectivity index (χ0n) is 15.2. The number of hydrogen-bond donors (Lipinski definition) is 0. The van der Waals surface area contributed by atoms with Crippen LogP contribution in [0.25, 0.3) is 33.6 Å². The Morgan fingerprint density at radius 1 is 1.03 bits per heavy atom. The van der Waals surface area contributed by atoms with Gasteiger partial charge in [0.1, 0.15) is 0 Å². The minimum absolute atomic E-state index is 0.0389. The maximum atomic E-state index is 13.3. The molecule has 0 radical (unpaired) electrons. The van der Waals surface area contributed by atoms with Crippen LogP contribution in [0, 0.1) is 6.92 Å². The number of nitrogens with zero attached hydrogens (tertiary/aromatic N) is 2. The average Bonchev–Trinajstić information content (AvgIpc) is 2.68. The molecular formula is C21H11Cl2F3N2O2. The number of rotatable bonds is 2. The highest BCUT2D eigenvalue weighted by atomic mass is 35.5. The minimum atomic E-state index is -4.58. The maximum absolute atomic E-state index is 13.3. The topological polar surface area (TPSA) is 56.0 Å².